The van der Waals surface area contributed by atoms with Crippen LogP contribution in [0, 0.1) is 11.7 Å². The first-order chi connectivity index (χ1) is 16.7. The van der Waals surface area contributed by atoms with E-state index in [1.54, 1.807) is 18.5 Å². The van der Waals surface area contributed by atoms with Gasteiger partial charge < -0.3 is 9.47 Å². The Morgan fingerprint density at radius 1 is 1.37 bits per heavy atom. The number of nitrogens with one attached hydrogen (secondary N) is 1. The van der Waals surface area contributed by atoms with Crippen molar-refractivity contribution >= 4 is 29.5 Å². The highest BCUT2D eigenvalue weighted by Crippen LogP contribution is 2.45. The van der Waals surface area contributed by atoms with Crippen LogP contribution in [0.2, 0.25) is 5.02 Å². The second-order valence-electron chi connectivity index (χ2n) is 9.21. The molecule has 1 aromatic carbocycles. The van der Waals surface area contributed by atoms with Gasteiger partial charge in [0, 0.05) is 44.1 Å². The summed E-state index contributed by atoms with van der Waals surface area (Å²) in [7, 11) is 0. The van der Waals surface area contributed by atoms with Crippen molar-refractivity contribution in [1.82, 2.24) is 19.9 Å². The van der Waals surface area contributed by atoms with E-state index in [1.165, 1.54) is 6.07 Å². The third kappa shape index (κ3) is 6.77. The van der Waals surface area contributed by atoms with E-state index in [9.17, 15) is 14.4 Å². The molecule has 1 saturated carbocycles. The fourth-order valence-electron chi connectivity index (χ4n) is 4.02. The van der Waals surface area contributed by atoms with E-state index in [2.05, 4.69) is 15.3 Å². The molecule has 1 aromatic heterocycles. The van der Waals surface area contributed by atoms with E-state index in [1.807, 2.05) is 19.9 Å². The van der Waals surface area contributed by atoms with Crippen molar-refractivity contribution in [3.63, 3.8) is 0 Å². The molecule has 35 heavy (non-hydrogen) atoms. The quantitative estimate of drug-likeness (QED) is 0.324. The maximum absolute atomic E-state index is 14.7. The normalized spacial score (nSPS) is 16.5. The second-order valence-corrected chi connectivity index (χ2v) is 10.3. The number of aromatic nitrogens is 1. The maximum atomic E-state index is 14.7. The predicted octanol–water partition coefficient (Wildman–Crippen LogP) is 4.66. The smallest absolute Gasteiger partial charge is 0.271 e. The Morgan fingerprint density at radius 3 is 2.74 bits per heavy atom. The zero-order valence-corrected chi connectivity index (χ0v) is 21.5. The number of halogens is 2. The lowest BCUT2D eigenvalue weighted by molar-refractivity contribution is -0.0242. The molecule has 0 atom stereocenters. The van der Waals surface area contributed by atoms with Crippen LogP contribution >= 0.6 is 23.5 Å². The van der Waals surface area contributed by atoms with Crippen LogP contribution in [0.4, 0.5) is 4.39 Å². The fraction of sp³-hybridized carbons (Fsp3) is 0.500. The predicted molar refractivity (Wildman–Crippen MR) is 132 cm³/mol. The zero-order valence-electron chi connectivity index (χ0n) is 20.0. The molecule has 0 bridgehead atoms. The first-order valence-corrected chi connectivity index (χ1v) is 13.1. The Labute approximate surface area is 213 Å². The SMILES string of the molecule is CSN(O)NC(=O)c1cc(C2CC2)c(OCC2CN(Cc3cnc(OC(C)C)c(Cl)c3)C2)cc1F. The van der Waals surface area contributed by atoms with Crippen LogP contribution in [0.25, 0.3) is 0 Å². The molecule has 1 aliphatic carbocycles. The second kappa shape index (κ2) is 11.3. The van der Waals surface area contributed by atoms with E-state index in [-0.39, 0.29) is 17.6 Å². The van der Waals surface area contributed by atoms with Crippen molar-refractivity contribution < 1.29 is 23.9 Å². The summed E-state index contributed by atoms with van der Waals surface area (Å²) < 4.78 is 26.8. The van der Waals surface area contributed by atoms with E-state index in [0.29, 0.717) is 33.8 Å². The van der Waals surface area contributed by atoms with Crippen LogP contribution in [0.3, 0.4) is 0 Å². The summed E-state index contributed by atoms with van der Waals surface area (Å²) in [6.07, 6.45) is 5.33. The number of rotatable bonds is 11. The lowest BCUT2D eigenvalue weighted by atomic mass is 10.00. The van der Waals surface area contributed by atoms with E-state index >= 15 is 0 Å². The van der Waals surface area contributed by atoms with Crippen molar-refractivity contribution in [3.05, 3.63) is 51.9 Å². The van der Waals surface area contributed by atoms with Crippen LogP contribution < -0.4 is 14.9 Å². The van der Waals surface area contributed by atoms with Crippen LogP contribution in [0.1, 0.15) is 54.1 Å². The summed E-state index contributed by atoms with van der Waals surface area (Å²) in [5, 5.41) is 9.98. The van der Waals surface area contributed by atoms with E-state index in [4.69, 9.17) is 21.1 Å². The number of nitrogens with zero attached hydrogens (tertiary/aromatic N) is 3. The van der Waals surface area contributed by atoms with Crippen LogP contribution in [-0.4, -0.2) is 57.6 Å². The standard InChI is InChI=1S/C24H30ClFN4O4S/c1-14(2)34-24-20(25)6-15(9-27-24)10-29-11-16(12-29)13-33-22-8-21(26)19(7-18(22)17-4-5-17)23(31)28-30(32)35-3/h6-9,14,16-17,32H,4-5,10-13H2,1-3H3,(H,28,31). The minimum Gasteiger partial charge on any atom is -0.493 e. The average molecular weight is 525 g/mol. The molecule has 190 valence electrons. The summed E-state index contributed by atoms with van der Waals surface area (Å²) in [6, 6.07) is 4.71. The molecule has 0 unspecified atom stereocenters. The fourth-order valence-corrected chi connectivity index (χ4v) is 4.42. The number of hydrogen-bond donors (Lipinski definition) is 2. The van der Waals surface area contributed by atoms with Crippen LogP contribution in [-0.2, 0) is 6.54 Å². The third-order valence-electron chi connectivity index (χ3n) is 5.86. The number of likely N-dealkylation sites (tertiary alicyclic amines) is 1. The molecule has 2 N–H and O–H groups in total. The molecule has 1 saturated heterocycles. The molecule has 1 amide bonds. The summed E-state index contributed by atoms with van der Waals surface area (Å²) in [5.74, 6) is 0.134. The van der Waals surface area contributed by atoms with Crippen molar-refractivity contribution in [3.8, 4) is 11.6 Å². The van der Waals surface area contributed by atoms with Gasteiger partial charge in [0.2, 0.25) is 5.88 Å². The molecule has 2 fully saturated rings. The molecule has 2 aromatic rings. The number of carbonyl (C=O) groups is 1. The Kier molecular flexibility index (Phi) is 8.38. The number of ether oxygens (including phenoxy) is 2. The van der Waals surface area contributed by atoms with Crippen molar-refractivity contribution in [2.24, 2.45) is 5.92 Å². The van der Waals surface area contributed by atoms with Gasteiger partial charge in [0.25, 0.3) is 5.91 Å². The molecular formula is C24H30ClFN4O4S. The number of hydrogen-bond acceptors (Lipinski definition) is 8. The molecule has 2 heterocycles. The molecular weight excluding hydrogens is 495 g/mol. The highest BCUT2D eigenvalue weighted by atomic mass is 35.5. The number of benzene rings is 1. The molecule has 2 aliphatic rings. The molecule has 4 rings (SSSR count). The van der Waals surface area contributed by atoms with E-state index in [0.717, 1.165) is 55.6 Å². The molecule has 0 radical (unpaired) electrons. The van der Waals surface area contributed by atoms with E-state index < -0.39 is 11.7 Å². The van der Waals surface area contributed by atoms with Gasteiger partial charge in [-0.3, -0.25) is 20.3 Å². The third-order valence-corrected chi connectivity index (χ3v) is 6.56. The van der Waals surface area contributed by atoms with Crippen molar-refractivity contribution in [2.45, 2.75) is 45.3 Å². The zero-order chi connectivity index (χ0) is 25.1. The highest BCUT2D eigenvalue weighted by Gasteiger charge is 2.32. The van der Waals surface area contributed by atoms with Crippen LogP contribution in [0.5, 0.6) is 11.6 Å². The summed E-state index contributed by atoms with van der Waals surface area (Å²) >= 11 is 7.18. The Morgan fingerprint density at radius 2 is 2.11 bits per heavy atom. The Balaban J connectivity index is 1.31. The van der Waals surface area contributed by atoms with Gasteiger partial charge in [-0.15, -0.1) is 0 Å². The number of pyridine rings is 1. The van der Waals surface area contributed by atoms with Gasteiger partial charge in [0.15, 0.2) is 0 Å². The number of carbonyl (C=O) groups excluding carboxylic acids is 1. The highest BCUT2D eigenvalue weighted by molar-refractivity contribution is 7.96. The van der Waals surface area contributed by atoms with Crippen LogP contribution in [0.15, 0.2) is 24.4 Å². The maximum Gasteiger partial charge on any atom is 0.271 e. The summed E-state index contributed by atoms with van der Waals surface area (Å²) in [6.45, 7) is 6.76. The van der Waals surface area contributed by atoms with Crippen molar-refractivity contribution in [2.75, 3.05) is 26.0 Å². The average Bonchev–Trinajstić information content (AvgIpc) is 3.61. The minimum absolute atomic E-state index is 0.00955. The first kappa shape index (κ1) is 26.0. The molecule has 8 nitrogen and oxygen atoms in total. The van der Waals surface area contributed by atoms with Gasteiger partial charge in [-0.2, -0.15) is 0 Å². The van der Waals surface area contributed by atoms with Gasteiger partial charge in [-0.1, -0.05) is 11.6 Å². The first-order valence-electron chi connectivity index (χ1n) is 11.6. The Bertz CT molecular complexity index is 1070. The monoisotopic (exact) mass is 524 g/mol. The van der Waals surface area contributed by atoms with Gasteiger partial charge in [-0.05, 0) is 72.4 Å². The summed E-state index contributed by atoms with van der Waals surface area (Å²) in [4.78, 5) is 18.9. The summed E-state index contributed by atoms with van der Waals surface area (Å²) in [5.41, 5.74) is 3.95. The van der Waals surface area contributed by atoms with Gasteiger partial charge in [-0.25, -0.2) is 9.37 Å². The minimum atomic E-state index is -0.708. The number of hydrazine groups is 1. The lowest BCUT2D eigenvalue weighted by Crippen LogP contribution is -2.48. The molecule has 1 aliphatic heterocycles. The van der Waals surface area contributed by atoms with Gasteiger partial charge in [0.05, 0.1) is 18.3 Å². The van der Waals surface area contributed by atoms with Gasteiger partial charge in [0.1, 0.15) is 16.6 Å². The molecule has 11 heteroatoms. The lowest BCUT2D eigenvalue weighted by Gasteiger charge is -2.39. The van der Waals surface area contributed by atoms with Crippen molar-refractivity contribution in [1.29, 1.82) is 0 Å². The van der Waals surface area contributed by atoms with Gasteiger partial charge >= 0.3 is 0 Å². The largest absolute Gasteiger partial charge is 0.493 e. The Hall–Kier alpha value is -2.11. The number of amides is 1. The topological polar surface area (TPSA) is 87.2 Å². The molecule has 0 spiro atoms.